The monoisotopic (exact) mass is 319 g/mol. The molecule has 0 atom stereocenters. The Hall–Kier alpha value is -3.28. The quantitative estimate of drug-likeness (QED) is 0.784. The molecule has 1 N–H and O–H groups in total. The van der Waals surface area contributed by atoms with Crippen LogP contribution < -0.4 is 5.56 Å². The van der Waals surface area contributed by atoms with E-state index in [4.69, 9.17) is 5.11 Å². The molecule has 6 nitrogen and oxygen atoms in total. The number of nitrogens with zero attached hydrogens (tertiary/aromatic N) is 3. The highest BCUT2D eigenvalue weighted by Gasteiger charge is 2.21. The summed E-state index contributed by atoms with van der Waals surface area (Å²) in [6.07, 6.45) is 6.12. The largest absolute Gasteiger partial charge is 0.478 e. The fourth-order valence-corrected chi connectivity index (χ4v) is 2.95. The van der Waals surface area contributed by atoms with Crippen LogP contribution in [0.25, 0.3) is 22.6 Å². The predicted molar refractivity (Wildman–Crippen MR) is 89.7 cm³/mol. The first-order valence-corrected chi connectivity index (χ1v) is 7.52. The summed E-state index contributed by atoms with van der Waals surface area (Å²) >= 11 is 0. The van der Waals surface area contributed by atoms with Gasteiger partial charge >= 0.3 is 5.97 Å². The van der Waals surface area contributed by atoms with Gasteiger partial charge in [0.1, 0.15) is 5.82 Å². The number of aromatic carboxylic acids is 1. The summed E-state index contributed by atoms with van der Waals surface area (Å²) in [5.74, 6) is -0.440. The van der Waals surface area contributed by atoms with Crippen LogP contribution in [0.1, 0.15) is 28.2 Å². The number of carbonyl (C=O) groups is 1. The van der Waals surface area contributed by atoms with Crippen LogP contribution in [0.3, 0.4) is 0 Å². The fraction of sp³-hybridized carbons (Fsp3) is 0.111. The molecule has 4 rings (SSSR count). The van der Waals surface area contributed by atoms with Gasteiger partial charge in [0.05, 0.1) is 16.5 Å². The zero-order valence-corrected chi connectivity index (χ0v) is 12.6. The van der Waals surface area contributed by atoms with E-state index in [0.717, 1.165) is 11.1 Å². The van der Waals surface area contributed by atoms with Gasteiger partial charge in [0.15, 0.2) is 0 Å². The van der Waals surface area contributed by atoms with Crippen LogP contribution in [0.2, 0.25) is 0 Å². The second-order valence-electron chi connectivity index (χ2n) is 5.64. The molecule has 2 aromatic heterocycles. The summed E-state index contributed by atoms with van der Waals surface area (Å²) in [5.41, 5.74) is 2.28. The zero-order chi connectivity index (χ0) is 16.7. The second-order valence-corrected chi connectivity index (χ2v) is 5.64. The Balaban J connectivity index is 1.92. The number of rotatable bonds is 2. The van der Waals surface area contributed by atoms with Crippen molar-refractivity contribution in [3.8, 4) is 0 Å². The number of benzene rings is 1. The highest BCUT2D eigenvalue weighted by Crippen LogP contribution is 2.27. The van der Waals surface area contributed by atoms with E-state index < -0.39 is 5.97 Å². The predicted octanol–water partition coefficient (Wildman–Crippen LogP) is 2.43. The van der Waals surface area contributed by atoms with Gasteiger partial charge in [0.2, 0.25) is 0 Å². The van der Waals surface area contributed by atoms with Gasteiger partial charge in [0.25, 0.3) is 5.56 Å². The number of fused-ring (bicyclic) bond motifs is 2. The Morgan fingerprint density at radius 1 is 1.29 bits per heavy atom. The Labute approximate surface area is 136 Å². The van der Waals surface area contributed by atoms with E-state index in [1.54, 1.807) is 17.0 Å². The van der Waals surface area contributed by atoms with Crippen molar-refractivity contribution in [2.75, 3.05) is 0 Å². The van der Waals surface area contributed by atoms with Crippen molar-refractivity contribution in [1.82, 2.24) is 14.5 Å². The van der Waals surface area contributed by atoms with Crippen LogP contribution in [-0.2, 0) is 6.54 Å². The summed E-state index contributed by atoms with van der Waals surface area (Å²) in [6, 6.07) is 8.19. The molecular weight excluding hydrogens is 306 g/mol. The summed E-state index contributed by atoms with van der Waals surface area (Å²) in [6.45, 7) is 0.573. The third-order valence-electron chi connectivity index (χ3n) is 4.12. The van der Waals surface area contributed by atoms with Gasteiger partial charge in [-0.1, -0.05) is 6.07 Å². The van der Waals surface area contributed by atoms with Gasteiger partial charge < -0.3 is 5.11 Å². The molecule has 0 spiro atoms. The van der Waals surface area contributed by atoms with E-state index in [1.807, 2.05) is 18.2 Å². The van der Waals surface area contributed by atoms with Crippen molar-refractivity contribution < 1.29 is 9.90 Å². The molecule has 1 aliphatic heterocycles. The van der Waals surface area contributed by atoms with Crippen LogP contribution in [0.5, 0.6) is 0 Å². The summed E-state index contributed by atoms with van der Waals surface area (Å²) in [5, 5.41) is 9.56. The Kier molecular flexibility index (Phi) is 3.23. The number of aromatic nitrogens is 3. The van der Waals surface area contributed by atoms with E-state index in [9.17, 15) is 9.59 Å². The molecule has 1 aromatic carbocycles. The van der Waals surface area contributed by atoms with E-state index >= 15 is 0 Å². The summed E-state index contributed by atoms with van der Waals surface area (Å²) in [4.78, 5) is 32.4. The van der Waals surface area contributed by atoms with Gasteiger partial charge in [-0.25, -0.2) is 9.78 Å². The molecule has 24 heavy (non-hydrogen) atoms. The van der Waals surface area contributed by atoms with Crippen LogP contribution in [0.15, 0.2) is 47.5 Å². The number of allylic oxidation sites excluding steroid dienone is 1. The number of carboxylic acids is 1. The maximum atomic E-state index is 12.6. The van der Waals surface area contributed by atoms with Crippen molar-refractivity contribution in [3.63, 3.8) is 0 Å². The lowest BCUT2D eigenvalue weighted by Crippen LogP contribution is -2.21. The Bertz CT molecular complexity index is 1050. The molecule has 6 heteroatoms. The molecular formula is C18H13N3O3. The highest BCUT2D eigenvalue weighted by molar-refractivity contribution is 5.93. The van der Waals surface area contributed by atoms with Gasteiger partial charge in [-0.05, 0) is 47.9 Å². The van der Waals surface area contributed by atoms with Crippen LogP contribution in [0.4, 0.5) is 0 Å². The third-order valence-corrected chi connectivity index (χ3v) is 4.12. The minimum Gasteiger partial charge on any atom is -0.478 e. The van der Waals surface area contributed by atoms with E-state index in [0.29, 0.717) is 29.7 Å². The molecule has 0 saturated carbocycles. The van der Waals surface area contributed by atoms with Crippen molar-refractivity contribution in [1.29, 1.82) is 0 Å². The first-order valence-electron chi connectivity index (χ1n) is 7.52. The SMILES string of the molecule is O=C(O)c1ccc2c(=O)n3c(nc2c1)/C(=C\c1cccnc1)CC3. The Morgan fingerprint density at radius 3 is 2.92 bits per heavy atom. The van der Waals surface area contributed by atoms with Crippen LogP contribution in [-0.4, -0.2) is 25.6 Å². The summed E-state index contributed by atoms with van der Waals surface area (Å²) < 4.78 is 1.64. The normalized spacial score (nSPS) is 14.9. The molecule has 0 amide bonds. The van der Waals surface area contributed by atoms with Crippen LogP contribution in [0, 0.1) is 0 Å². The number of carboxylic acid groups (broad SMARTS) is 1. The lowest BCUT2D eigenvalue weighted by atomic mass is 10.1. The van der Waals surface area contributed by atoms with Crippen molar-refractivity contribution in [3.05, 3.63) is 70.0 Å². The molecule has 1 aliphatic rings. The van der Waals surface area contributed by atoms with Gasteiger partial charge in [-0.15, -0.1) is 0 Å². The van der Waals surface area contributed by atoms with Gasteiger partial charge in [-0.2, -0.15) is 0 Å². The molecule has 3 aromatic rings. The zero-order valence-electron chi connectivity index (χ0n) is 12.6. The molecule has 3 heterocycles. The maximum Gasteiger partial charge on any atom is 0.335 e. The lowest BCUT2D eigenvalue weighted by molar-refractivity contribution is 0.0697. The van der Waals surface area contributed by atoms with Crippen LogP contribution >= 0.6 is 0 Å². The molecule has 0 aliphatic carbocycles. The molecule has 0 unspecified atom stereocenters. The third kappa shape index (κ3) is 2.28. The topological polar surface area (TPSA) is 85.1 Å². The Morgan fingerprint density at radius 2 is 2.17 bits per heavy atom. The first kappa shape index (κ1) is 14.3. The van der Waals surface area contributed by atoms with Crippen molar-refractivity contribution in [2.45, 2.75) is 13.0 Å². The average molecular weight is 319 g/mol. The van der Waals surface area contributed by atoms with Gasteiger partial charge in [-0.3, -0.25) is 14.3 Å². The lowest BCUT2D eigenvalue weighted by Gasteiger charge is -2.06. The number of hydrogen-bond donors (Lipinski definition) is 1. The highest BCUT2D eigenvalue weighted by atomic mass is 16.4. The van der Waals surface area contributed by atoms with Crippen molar-refractivity contribution >= 4 is 28.5 Å². The average Bonchev–Trinajstić information content (AvgIpc) is 2.98. The molecule has 0 fully saturated rings. The standard InChI is InChI=1S/C18H13N3O3/c22-17-14-4-3-13(18(23)24)9-15(14)20-16-12(5-7-21(16)17)8-11-2-1-6-19-10-11/h1-4,6,8-10H,5,7H2,(H,23,24)/b12-8-. The number of pyridine rings is 1. The molecule has 0 radical (unpaired) electrons. The molecule has 0 saturated heterocycles. The van der Waals surface area contributed by atoms with E-state index in [-0.39, 0.29) is 11.1 Å². The van der Waals surface area contributed by atoms with E-state index in [1.165, 1.54) is 18.2 Å². The number of hydrogen-bond acceptors (Lipinski definition) is 4. The molecule has 0 bridgehead atoms. The van der Waals surface area contributed by atoms with E-state index in [2.05, 4.69) is 9.97 Å². The fourth-order valence-electron chi connectivity index (χ4n) is 2.95. The minimum absolute atomic E-state index is 0.120. The smallest absolute Gasteiger partial charge is 0.335 e. The molecule has 118 valence electrons. The maximum absolute atomic E-state index is 12.6. The first-order chi connectivity index (χ1) is 11.6. The second kappa shape index (κ2) is 5.42. The summed E-state index contributed by atoms with van der Waals surface area (Å²) in [7, 11) is 0. The van der Waals surface area contributed by atoms with Crippen molar-refractivity contribution in [2.24, 2.45) is 0 Å². The van der Waals surface area contributed by atoms with Gasteiger partial charge in [0, 0.05) is 18.9 Å². The minimum atomic E-state index is -1.04.